The molecule has 0 aromatic carbocycles. The Morgan fingerprint density at radius 3 is 1.82 bits per heavy atom. The molecule has 172 valence electrons. The van der Waals surface area contributed by atoms with E-state index in [1.54, 1.807) is 24.4 Å². The van der Waals surface area contributed by atoms with Crippen molar-refractivity contribution < 1.29 is 32.9 Å². The minimum atomic E-state index is -1.09. The maximum absolute atomic E-state index is 10.3. The second-order valence-corrected chi connectivity index (χ2v) is 6.59. The zero-order valence-electron chi connectivity index (χ0n) is 17.0. The number of carboxylic acid groups (broad SMARTS) is 1. The molecule has 0 bridgehead atoms. The van der Waals surface area contributed by atoms with Gasteiger partial charge in [-0.3, -0.25) is 0 Å². The Morgan fingerprint density at radius 2 is 1.42 bits per heavy atom. The largest absolute Gasteiger partial charge is 0.479 e. The van der Waals surface area contributed by atoms with E-state index in [2.05, 4.69) is 19.9 Å². The molecule has 0 fully saturated rings. The van der Waals surface area contributed by atoms with Crippen LogP contribution in [0.25, 0.3) is 23.2 Å². The van der Waals surface area contributed by atoms with Gasteiger partial charge in [0.15, 0.2) is 35.2 Å². The summed E-state index contributed by atoms with van der Waals surface area (Å²) in [5.74, 6) is 0.318. The molecule has 4 heterocycles. The zero-order chi connectivity index (χ0) is 23.6. The van der Waals surface area contributed by atoms with Crippen molar-refractivity contribution in [2.75, 3.05) is 20.5 Å². The Bertz CT molecular complexity index is 1170. The number of aliphatic carboxylic acids is 1. The molecule has 0 aliphatic heterocycles. The van der Waals surface area contributed by atoms with E-state index < -0.39 is 12.6 Å². The molecule has 0 unspecified atom stereocenters. The van der Waals surface area contributed by atoms with Crippen LogP contribution in [0.4, 0.5) is 0 Å². The number of aromatic nitrogens is 4. The van der Waals surface area contributed by atoms with Gasteiger partial charge in [-0.2, -0.15) is 0 Å². The highest BCUT2D eigenvalue weighted by molar-refractivity contribution is 6.31. The third kappa shape index (κ3) is 6.91. The highest BCUT2D eigenvalue weighted by Gasteiger charge is 2.11. The molecule has 33 heavy (non-hydrogen) atoms. The third-order valence-electron chi connectivity index (χ3n) is 3.62. The summed E-state index contributed by atoms with van der Waals surface area (Å²) >= 11 is 11.8. The SMILES string of the molecule is COCOc1ccc(-c2ncco2)nc1Cl.O=C(O)COc1ccc(-c2ncco2)nc1Cl. The molecule has 1 N–H and O–H groups in total. The van der Waals surface area contributed by atoms with E-state index in [9.17, 15) is 4.79 Å². The standard InChI is InChI=1S/C10H7ClN2O4.C10H9ClN2O3/c11-9-7(17-5-8(14)15)2-1-6(13-9)10-12-3-4-16-10;1-14-6-16-8-3-2-7(13-9(8)11)10-12-4-5-15-10/h1-4H,5H2,(H,14,15);2-5H,6H2,1H3. The average Bonchev–Trinajstić information content (AvgIpc) is 3.52. The van der Waals surface area contributed by atoms with Crippen LogP contribution in [-0.2, 0) is 9.53 Å². The van der Waals surface area contributed by atoms with Crippen molar-refractivity contribution in [3.05, 3.63) is 59.5 Å². The van der Waals surface area contributed by atoms with Crippen LogP contribution in [0.15, 0.2) is 58.0 Å². The Hall–Kier alpha value is -3.67. The van der Waals surface area contributed by atoms with Crippen molar-refractivity contribution in [2.45, 2.75) is 0 Å². The molecule has 0 radical (unpaired) electrons. The number of ether oxygens (including phenoxy) is 3. The highest BCUT2D eigenvalue weighted by atomic mass is 35.5. The average molecular weight is 495 g/mol. The molecule has 0 aliphatic rings. The Labute approximate surface area is 196 Å². The first-order valence-electron chi connectivity index (χ1n) is 9.07. The van der Waals surface area contributed by atoms with Crippen molar-refractivity contribution in [2.24, 2.45) is 0 Å². The molecular weight excluding hydrogens is 479 g/mol. The number of hydrogen-bond acceptors (Lipinski definition) is 10. The molecule has 0 amide bonds. The van der Waals surface area contributed by atoms with Crippen LogP contribution in [0.5, 0.6) is 11.5 Å². The van der Waals surface area contributed by atoms with Gasteiger partial charge < -0.3 is 28.2 Å². The van der Waals surface area contributed by atoms with E-state index >= 15 is 0 Å². The van der Waals surface area contributed by atoms with Gasteiger partial charge in [-0.1, -0.05) is 23.2 Å². The van der Waals surface area contributed by atoms with Crippen molar-refractivity contribution >= 4 is 29.2 Å². The van der Waals surface area contributed by atoms with E-state index in [1.807, 2.05) is 0 Å². The fourth-order valence-electron chi connectivity index (χ4n) is 2.26. The highest BCUT2D eigenvalue weighted by Crippen LogP contribution is 2.27. The van der Waals surface area contributed by atoms with Gasteiger partial charge in [-0.15, -0.1) is 0 Å². The Balaban J connectivity index is 0.000000186. The number of halogens is 2. The first-order chi connectivity index (χ1) is 16.0. The molecule has 4 aromatic rings. The van der Waals surface area contributed by atoms with E-state index in [0.717, 1.165) is 0 Å². The predicted octanol–water partition coefficient (Wildman–Crippen LogP) is 4.23. The summed E-state index contributed by atoms with van der Waals surface area (Å²) in [7, 11) is 1.53. The van der Waals surface area contributed by atoms with Crippen LogP contribution in [0.1, 0.15) is 0 Å². The normalized spacial score (nSPS) is 10.3. The second kappa shape index (κ2) is 11.8. The molecular formula is C20H16Cl2N4O7. The summed E-state index contributed by atoms with van der Waals surface area (Å²) in [5, 5.41) is 8.76. The van der Waals surface area contributed by atoms with E-state index in [1.165, 1.54) is 31.9 Å². The van der Waals surface area contributed by atoms with Gasteiger partial charge in [0.2, 0.25) is 11.8 Å². The number of oxazole rings is 2. The zero-order valence-corrected chi connectivity index (χ0v) is 18.5. The van der Waals surface area contributed by atoms with Gasteiger partial charge in [0.05, 0.1) is 12.4 Å². The predicted molar refractivity (Wildman–Crippen MR) is 115 cm³/mol. The molecule has 0 aliphatic carbocycles. The van der Waals surface area contributed by atoms with Gasteiger partial charge in [0, 0.05) is 7.11 Å². The molecule has 4 aromatic heterocycles. The van der Waals surface area contributed by atoms with Crippen molar-refractivity contribution in [3.63, 3.8) is 0 Å². The molecule has 4 rings (SSSR count). The van der Waals surface area contributed by atoms with E-state index in [0.29, 0.717) is 28.9 Å². The smallest absolute Gasteiger partial charge is 0.341 e. The number of carboxylic acids is 1. The molecule has 0 atom stereocenters. The van der Waals surface area contributed by atoms with Crippen LogP contribution in [0, 0.1) is 0 Å². The summed E-state index contributed by atoms with van der Waals surface area (Å²) in [4.78, 5) is 26.3. The van der Waals surface area contributed by atoms with E-state index in [-0.39, 0.29) is 22.8 Å². The molecule has 11 nitrogen and oxygen atoms in total. The lowest BCUT2D eigenvalue weighted by atomic mass is 10.3. The maximum Gasteiger partial charge on any atom is 0.341 e. The van der Waals surface area contributed by atoms with Crippen LogP contribution in [0.2, 0.25) is 10.3 Å². The van der Waals surface area contributed by atoms with Gasteiger partial charge in [-0.25, -0.2) is 24.7 Å². The lowest BCUT2D eigenvalue weighted by molar-refractivity contribution is -0.139. The number of rotatable bonds is 8. The number of nitrogens with zero attached hydrogens (tertiary/aromatic N) is 4. The quantitative estimate of drug-likeness (QED) is 0.277. The number of hydrogen-bond donors (Lipinski definition) is 1. The van der Waals surface area contributed by atoms with Gasteiger partial charge in [0.1, 0.15) is 23.9 Å². The second-order valence-electron chi connectivity index (χ2n) is 5.88. The first-order valence-corrected chi connectivity index (χ1v) is 9.82. The maximum atomic E-state index is 10.3. The van der Waals surface area contributed by atoms with Crippen LogP contribution in [0.3, 0.4) is 0 Å². The van der Waals surface area contributed by atoms with Gasteiger partial charge in [-0.05, 0) is 24.3 Å². The van der Waals surface area contributed by atoms with E-state index in [4.69, 9.17) is 51.4 Å². The molecule has 0 spiro atoms. The van der Waals surface area contributed by atoms with Crippen LogP contribution >= 0.6 is 23.2 Å². The lowest BCUT2D eigenvalue weighted by Crippen LogP contribution is -2.09. The summed E-state index contributed by atoms with van der Waals surface area (Å²) < 4.78 is 25.0. The monoisotopic (exact) mass is 494 g/mol. The number of carbonyl (C=O) groups is 1. The molecule has 0 saturated carbocycles. The third-order valence-corrected chi connectivity index (χ3v) is 4.16. The first kappa shape index (κ1) is 24.0. The Kier molecular flexibility index (Phi) is 8.58. The number of methoxy groups -OCH3 is 1. The fraction of sp³-hybridized carbons (Fsp3) is 0.150. The molecule has 0 saturated heterocycles. The van der Waals surface area contributed by atoms with Crippen LogP contribution in [-0.4, -0.2) is 51.5 Å². The minimum Gasteiger partial charge on any atom is -0.479 e. The minimum absolute atomic E-state index is 0.0574. The Morgan fingerprint density at radius 1 is 0.909 bits per heavy atom. The number of pyridine rings is 2. The van der Waals surface area contributed by atoms with Crippen molar-refractivity contribution in [3.8, 4) is 34.7 Å². The van der Waals surface area contributed by atoms with Crippen molar-refractivity contribution in [1.82, 2.24) is 19.9 Å². The van der Waals surface area contributed by atoms with Crippen molar-refractivity contribution in [1.29, 1.82) is 0 Å². The summed E-state index contributed by atoms with van der Waals surface area (Å²) in [6.45, 7) is -0.348. The summed E-state index contributed by atoms with van der Waals surface area (Å²) in [5.41, 5.74) is 1.00. The topological polar surface area (TPSA) is 143 Å². The fourth-order valence-corrected chi connectivity index (χ4v) is 2.68. The van der Waals surface area contributed by atoms with Crippen LogP contribution < -0.4 is 9.47 Å². The summed E-state index contributed by atoms with van der Waals surface area (Å²) in [6, 6.07) is 6.49. The molecule has 13 heteroatoms. The lowest BCUT2D eigenvalue weighted by Gasteiger charge is -2.06. The summed E-state index contributed by atoms with van der Waals surface area (Å²) in [6.07, 6.45) is 5.92. The van der Waals surface area contributed by atoms with Gasteiger partial charge >= 0.3 is 5.97 Å². The van der Waals surface area contributed by atoms with Gasteiger partial charge in [0.25, 0.3) is 0 Å².